The Kier molecular flexibility index (Phi) is 8.47. The van der Waals surface area contributed by atoms with Gasteiger partial charge in [-0.15, -0.1) is 0 Å². The van der Waals surface area contributed by atoms with Gasteiger partial charge < -0.3 is 15.4 Å². The van der Waals surface area contributed by atoms with Gasteiger partial charge in [-0.1, -0.05) is 42.8 Å². The predicted molar refractivity (Wildman–Crippen MR) is 133 cm³/mol. The third kappa shape index (κ3) is 6.85. The van der Waals surface area contributed by atoms with Crippen molar-refractivity contribution < 1.29 is 19.1 Å². The lowest BCUT2D eigenvalue weighted by Crippen LogP contribution is -2.49. The minimum absolute atomic E-state index is 0.465. The molecular weight excluding hydrogens is 430 g/mol. The number of hydrogen-bond donors (Lipinski definition) is 2. The van der Waals surface area contributed by atoms with Crippen LogP contribution in [0, 0.1) is 33.2 Å². The predicted octanol–water partition coefficient (Wildman–Crippen LogP) is 4.62. The Morgan fingerprint density at radius 2 is 1.65 bits per heavy atom. The lowest BCUT2D eigenvalue weighted by Gasteiger charge is -2.29. The summed E-state index contributed by atoms with van der Waals surface area (Å²) in [7, 11) is 0. The Labute approximate surface area is 201 Å². The SMILES string of the molecule is C#CN(C(=O)C(C)NC(=O)OC(C)(C)C)C(C(=O)Nc1ccccc1C)c1ccc(C)c(C)c1. The van der Waals surface area contributed by atoms with Crippen LogP contribution in [0.15, 0.2) is 42.5 Å². The molecule has 0 aromatic heterocycles. The van der Waals surface area contributed by atoms with Crippen LogP contribution in [0.25, 0.3) is 0 Å². The lowest BCUT2D eigenvalue weighted by atomic mass is 9.98. The second-order valence-electron chi connectivity index (χ2n) is 9.26. The number of aryl methyl sites for hydroxylation is 3. The molecule has 2 aromatic rings. The van der Waals surface area contributed by atoms with Crippen LogP contribution in [-0.2, 0) is 14.3 Å². The molecule has 2 rings (SSSR count). The molecule has 0 spiro atoms. The van der Waals surface area contributed by atoms with Gasteiger partial charge in [0, 0.05) is 11.7 Å². The summed E-state index contributed by atoms with van der Waals surface area (Å²) in [5.41, 5.74) is 3.31. The number of terminal acetylenes is 1. The molecule has 2 unspecified atom stereocenters. The minimum atomic E-state index is -1.11. The van der Waals surface area contributed by atoms with Crippen molar-refractivity contribution in [3.05, 3.63) is 64.7 Å². The second-order valence-corrected chi connectivity index (χ2v) is 9.26. The number of hydrogen-bond acceptors (Lipinski definition) is 4. The number of alkyl carbamates (subject to hydrolysis) is 1. The number of nitrogens with zero attached hydrogens (tertiary/aromatic N) is 1. The maximum atomic E-state index is 13.5. The van der Waals surface area contributed by atoms with Crippen molar-refractivity contribution in [1.82, 2.24) is 10.2 Å². The van der Waals surface area contributed by atoms with E-state index in [1.165, 1.54) is 6.92 Å². The zero-order chi connectivity index (χ0) is 25.6. The largest absolute Gasteiger partial charge is 0.444 e. The summed E-state index contributed by atoms with van der Waals surface area (Å²) >= 11 is 0. The van der Waals surface area contributed by atoms with Crippen LogP contribution in [0.1, 0.15) is 56.0 Å². The number of amides is 3. The molecule has 7 nitrogen and oxygen atoms in total. The van der Waals surface area contributed by atoms with Gasteiger partial charge >= 0.3 is 6.09 Å². The zero-order valence-corrected chi connectivity index (χ0v) is 20.9. The number of para-hydroxylation sites is 1. The van der Waals surface area contributed by atoms with Crippen molar-refractivity contribution in [2.24, 2.45) is 0 Å². The molecule has 0 fully saturated rings. The van der Waals surface area contributed by atoms with Gasteiger partial charge in [0.1, 0.15) is 17.7 Å². The van der Waals surface area contributed by atoms with Crippen molar-refractivity contribution in [3.8, 4) is 12.5 Å². The Bertz CT molecular complexity index is 1110. The first-order valence-electron chi connectivity index (χ1n) is 11.1. The van der Waals surface area contributed by atoms with E-state index in [9.17, 15) is 14.4 Å². The third-order valence-corrected chi connectivity index (χ3v) is 5.24. The number of carbonyl (C=O) groups is 3. The molecule has 7 heteroatoms. The summed E-state index contributed by atoms with van der Waals surface area (Å²) < 4.78 is 5.23. The number of rotatable bonds is 6. The van der Waals surface area contributed by atoms with E-state index >= 15 is 0 Å². The Balaban J connectivity index is 2.40. The average molecular weight is 464 g/mol. The van der Waals surface area contributed by atoms with E-state index in [1.807, 2.05) is 51.1 Å². The van der Waals surface area contributed by atoms with Crippen molar-refractivity contribution >= 4 is 23.6 Å². The Morgan fingerprint density at radius 1 is 1.00 bits per heavy atom. The molecular formula is C27H33N3O4. The van der Waals surface area contributed by atoms with E-state index < -0.39 is 35.6 Å². The summed E-state index contributed by atoms with van der Waals surface area (Å²) in [5, 5.41) is 5.38. The third-order valence-electron chi connectivity index (χ3n) is 5.24. The molecule has 0 heterocycles. The molecule has 0 saturated heterocycles. The van der Waals surface area contributed by atoms with Crippen LogP contribution >= 0.6 is 0 Å². The highest BCUT2D eigenvalue weighted by Gasteiger charge is 2.34. The van der Waals surface area contributed by atoms with Crippen LogP contribution < -0.4 is 10.6 Å². The highest BCUT2D eigenvalue weighted by atomic mass is 16.6. The minimum Gasteiger partial charge on any atom is -0.444 e. The average Bonchev–Trinajstić information content (AvgIpc) is 2.73. The topological polar surface area (TPSA) is 87.7 Å². The quantitative estimate of drug-likeness (QED) is 0.483. The molecule has 2 aromatic carbocycles. The molecule has 0 bridgehead atoms. The van der Waals surface area contributed by atoms with E-state index in [4.69, 9.17) is 11.2 Å². The van der Waals surface area contributed by atoms with Gasteiger partial charge in [0.25, 0.3) is 11.8 Å². The Hall–Kier alpha value is -3.79. The molecule has 180 valence electrons. The van der Waals surface area contributed by atoms with Gasteiger partial charge in [-0.25, -0.2) is 4.79 Å². The van der Waals surface area contributed by atoms with Gasteiger partial charge in [-0.3, -0.25) is 14.5 Å². The summed E-state index contributed by atoms with van der Waals surface area (Å²) in [6.45, 7) is 12.4. The standard InChI is InChI=1S/C27H33N3O4/c1-9-30(25(32)20(5)28-26(33)34-27(6,7)8)23(21-15-14-17(2)19(4)16-21)24(31)29-22-13-11-10-12-18(22)3/h1,10-16,20,23H,2-8H3,(H,28,33)(H,29,31). The first-order chi connectivity index (χ1) is 15.8. The van der Waals surface area contributed by atoms with E-state index in [2.05, 4.69) is 16.7 Å². The van der Waals surface area contributed by atoms with Gasteiger partial charge in [0.05, 0.1) is 0 Å². The highest BCUT2D eigenvalue weighted by molar-refractivity contribution is 6.00. The highest BCUT2D eigenvalue weighted by Crippen LogP contribution is 2.26. The number of ether oxygens (including phenoxy) is 1. The van der Waals surface area contributed by atoms with Gasteiger partial charge in [0.15, 0.2) is 0 Å². The number of nitrogens with one attached hydrogen (secondary N) is 2. The molecule has 2 N–H and O–H groups in total. The number of anilines is 1. The summed E-state index contributed by atoms with van der Waals surface area (Å²) in [4.78, 5) is 40.0. The first-order valence-corrected chi connectivity index (χ1v) is 11.1. The molecule has 0 aliphatic carbocycles. The van der Waals surface area contributed by atoms with Crippen molar-refractivity contribution in [3.63, 3.8) is 0 Å². The second kappa shape index (κ2) is 10.9. The summed E-state index contributed by atoms with van der Waals surface area (Å²) in [5.74, 6) is -1.08. The fourth-order valence-corrected chi connectivity index (χ4v) is 3.29. The maximum Gasteiger partial charge on any atom is 0.408 e. The van der Waals surface area contributed by atoms with E-state index in [-0.39, 0.29) is 0 Å². The molecule has 0 aliphatic rings. The molecule has 3 amide bonds. The smallest absolute Gasteiger partial charge is 0.408 e. The van der Waals surface area contributed by atoms with Gasteiger partial charge in [-0.05, 0) is 76.8 Å². The van der Waals surface area contributed by atoms with Crippen LogP contribution in [0.4, 0.5) is 10.5 Å². The lowest BCUT2D eigenvalue weighted by molar-refractivity contribution is -0.136. The van der Waals surface area contributed by atoms with Crippen LogP contribution in [0.5, 0.6) is 0 Å². The van der Waals surface area contributed by atoms with Gasteiger partial charge in [0.2, 0.25) is 0 Å². The van der Waals surface area contributed by atoms with Gasteiger partial charge in [-0.2, -0.15) is 0 Å². The molecule has 34 heavy (non-hydrogen) atoms. The van der Waals surface area contributed by atoms with Crippen molar-refractivity contribution in [2.45, 2.75) is 66.2 Å². The number of benzene rings is 2. The fraction of sp³-hybridized carbons (Fsp3) is 0.370. The fourth-order valence-electron chi connectivity index (χ4n) is 3.29. The van der Waals surface area contributed by atoms with Crippen molar-refractivity contribution in [1.29, 1.82) is 0 Å². The molecule has 2 atom stereocenters. The Morgan fingerprint density at radius 3 is 2.21 bits per heavy atom. The summed E-state index contributed by atoms with van der Waals surface area (Å²) in [6, 6.07) is 13.0. The van der Waals surface area contributed by atoms with Crippen molar-refractivity contribution in [2.75, 3.05) is 5.32 Å². The molecule has 0 aliphatic heterocycles. The monoisotopic (exact) mass is 463 g/mol. The number of carbonyl (C=O) groups excluding carboxylic acids is 3. The molecule has 0 radical (unpaired) electrons. The summed E-state index contributed by atoms with van der Waals surface area (Å²) in [6.07, 6.45) is 4.99. The first kappa shape index (κ1) is 26.5. The maximum absolute atomic E-state index is 13.5. The van der Waals surface area contributed by atoms with Crippen LogP contribution in [0.2, 0.25) is 0 Å². The zero-order valence-electron chi connectivity index (χ0n) is 20.9. The van der Waals surface area contributed by atoms with E-state index in [1.54, 1.807) is 32.9 Å². The van der Waals surface area contributed by atoms with Crippen LogP contribution in [0.3, 0.4) is 0 Å². The van der Waals surface area contributed by atoms with E-state index in [0.29, 0.717) is 11.3 Å². The van der Waals surface area contributed by atoms with Crippen LogP contribution in [-0.4, -0.2) is 34.5 Å². The van der Waals surface area contributed by atoms with E-state index in [0.717, 1.165) is 21.6 Å². The molecule has 0 saturated carbocycles. The normalized spacial score (nSPS) is 12.6.